The Balaban J connectivity index is 1.67. The number of hydrogen-bond donors (Lipinski definition) is 1. The van der Waals surface area contributed by atoms with Gasteiger partial charge in [-0.1, -0.05) is 18.2 Å². The average molecular weight is 368 g/mol. The summed E-state index contributed by atoms with van der Waals surface area (Å²) >= 11 is 0. The quantitative estimate of drug-likeness (QED) is 0.808. The molecule has 5 heteroatoms. The third-order valence-electron chi connectivity index (χ3n) is 5.05. The first-order chi connectivity index (χ1) is 13.1. The van der Waals surface area contributed by atoms with Gasteiger partial charge in [0.2, 0.25) is 0 Å². The van der Waals surface area contributed by atoms with E-state index in [-0.39, 0.29) is 11.9 Å². The van der Waals surface area contributed by atoms with Gasteiger partial charge in [0.1, 0.15) is 0 Å². The van der Waals surface area contributed by atoms with E-state index in [9.17, 15) is 4.79 Å². The summed E-state index contributed by atoms with van der Waals surface area (Å²) in [7, 11) is 3.22. The highest BCUT2D eigenvalue weighted by atomic mass is 16.5. The Labute approximate surface area is 161 Å². The minimum Gasteiger partial charge on any atom is -0.493 e. The Hall–Kier alpha value is -2.53. The lowest BCUT2D eigenvalue weighted by atomic mass is 10.1. The summed E-state index contributed by atoms with van der Waals surface area (Å²) in [6.45, 7) is 5.17. The number of carbonyl (C=O) groups is 1. The summed E-state index contributed by atoms with van der Waals surface area (Å²) in [6, 6.07) is 13.5. The molecule has 1 aliphatic rings. The van der Waals surface area contributed by atoms with Gasteiger partial charge in [0.15, 0.2) is 11.5 Å². The summed E-state index contributed by atoms with van der Waals surface area (Å²) in [5, 5.41) is 3.07. The van der Waals surface area contributed by atoms with E-state index in [0.29, 0.717) is 17.1 Å². The summed E-state index contributed by atoms with van der Waals surface area (Å²) in [6.07, 6.45) is 2.53. The van der Waals surface area contributed by atoms with E-state index < -0.39 is 0 Å². The molecule has 1 saturated heterocycles. The Morgan fingerprint density at radius 1 is 1.07 bits per heavy atom. The van der Waals surface area contributed by atoms with Crippen molar-refractivity contribution in [1.29, 1.82) is 0 Å². The van der Waals surface area contributed by atoms with Crippen molar-refractivity contribution in [3.05, 3.63) is 59.2 Å². The van der Waals surface area contributed by atoms with Crippen LogP contribution >= 0.6 is 0 Å². The van der Waals surface area contributed by atoms with E-state index in [1.807, 2.05) is 43.3 Å². The van der Waals surface area contributed by atoms with E-state index >= 15 is 0 Å². The van der Waals surface area contributed by atoms with Crippen LogP contribution in [0.3, 0.4) is 0 Å². The molecule has 144 valence electrons. The van der Waals surface area contributed by atoms with Gasteiger partial charge in [-0.25, -0.2) is 0 Å². The lowest BCUT2D eigenvalue weighted by molar-refractivity contribution is 0.0939. The zero-order valence-corrected chi connectivity index (χ0v) is 16.3. The minimum atomic E-state index is -0.139. The largest absolute Gasteiger partial charge is 0.493 e. The maximum absolute atomic E-state index is 12.7. The highest BCUT2D eigenvalue weighted by molar-refractivity contribution is 5.94. The normalized spacial score (nSPS) is 15.4. The first-order valence-corrected chi connectivity index (χ1v) is 9.45. The first kappa shape index (κ1) is 19.2. The lowest BCUT2D eigenvalue weighted by Gasteiger charge is -2.18. The second kappa shape index (κ2) is 8.91. The first-order valence-electron chi connectivity index (χ1n) is 9.45. The van der Waals surface area contributed by atoms with Crippen molar-refractivity contribution in [2.24, 2.45) is 0 Å². The van der Waals surface area contributed by atoms with Gasteiger partial charge in [-0.2, -0.15) is 0 Å². The highest BCUT2D eigenvalue weighted by Crippen LogP contribution is 2.30. The van der Waals surface area contributed by atoms with Crippen LogP contribution in [-0.2, 0) is 6.54 Å². The molecule has 1 unspecified atom stereocenters. The van der Waals surface area contributed by atoms with Crippen LogP contribution < -0.4 is 14.8 Å². The molecule has 0 aromatic heterocycles. The summed E-state index contributed by atoms with van der Waals surface area (Å²) < 4.78 is 10.6. The molecule has 0 aliphatic carbocycles. The minimum absolute atomic E-state index is 0.0689. The summed E-state index contributed by atoms with van der Waals surface area (Å²) in [4.78, 5) is 15.1. The van der Waals surface area contributed by atoms with Gasteiger partial charge >= 0.3 is 0 Å². The third kappa shape index (κ3) is 4.80. The second-order valence-corrected chi connectivity index (χ2v) is 6.99. The van der Waals surface area contributed by atoms with Gasteiger partial charge in [-0.3, -0.25) is 9.69 Å². The van der Waals surface area contributed by atoms with Crippen molar-refractivity contribution in [1.82, 2.24) is 10.2 Å². The van der Waals surface area contributed by atoms with Gasteiger partial charge < -0.3 is 14.8 Å². The molecule has 1 heterocycles. The lowest BCUT2D eigenvalue weighted by Crippen LogP contribution is -2.27. The van der Waals surface area contributed by atoms with E-state index in [0.717, 1.165) is 25.2 Å². The van der Waals surface area contributed by atoms with Crippen molar-refractivity contribution < 1.29 is 14.3 Å². The number of nitrogens with zero attached hydrogens (tertiary/aromatic N) is 1. The zero-order valence-electron chi connectivity index (χ0n) is 16.3. The molecular weight excluding hydrogens is 340 g/mol. The molecule has 5 nitrogen and oxygen atoms in total. The van der Waals surface area contributed by atoms with Gasteiger partial charge in [0.05, 0.1) is 20.3 Å². The number of hydrogen-bond acceptors (Lipinski definition) is 4. The van der Waals surface area contributed by atoms with E-state index in [2.05, 4.69) is 16.3 Å². The van der Waals surface area contributed by atoms with E-state index in [4.69, 9.17) is 9.47 Å². The maximum Gasteiger partial charge on any atom is 0.251 e. The Bertz CT molecular complexity index is 785. The molecule has 0 spiro atoms. The molecule has 2 aromatic rings. The Kier molecular flexibility index (Phi) is 6.35. The van der Waals surface area contributed by atoms with Crippen LogP contribution in [0.2, 0.25) is 0 Å². The predicted octanol–water partition coefficient (Wildman–Crippen LogP) is 3.79. The SMILES string of the molecule is COc1ccc(C(C)NC(=O)c2cccc(CN3CCCC3)c2)cc1OC. The molecule has 1 aliphatic heterocycles. The van der Waals surface area contributed by atoms with Crippen LogP contribution in [-0.4, -0.2) is 38.1 Å². The van der Waals surface area contributed by atoms with Crippen LogP contribution in [0.1, 0.15) is 47.3 Å². The monoisotopic (exact) mass is 368 g/mol. The smallest absolute Gasteiger partial charge is 0.251 e. The molecule has 1 amide bonds. The van der Waals surface area contributed by atoms with Crippen molar-refractivity contribution in [2.75, 3.05) is 27.3 Å². The van der Waals surface area contributed by atoms with Crippen molar-refractivity contribution in [3.63, 3.8) is 0 Å². The van der Waals surface area contributed by atoms with Gasteiger partial charge in [0, 0.05) is 12.1 Å². The average Bonchev–Trinajstić information content (AvgIpc) is 3.20. The zero-order chi connectivity index (χ0) is 19.2. The number of ether oxygens (including phenoxy) is 2. The molecule has 0 bridgehead atoms. The third-order valence-corrected chi connectivity index (χ3v) is 5.05. The van der Waals surface area contributed by atoms with Gasteiger partial charge in [-0.05, 0) is 68.2 Å². The number of amides is 1. The fraction of sp³-hybridized carbons (Fsp3) is 0.409. The van der Waals surface area contributed by atoms with Crippen LogP contribution in [0.4, 0.5) is 0 Å². The van der Waals surface area contributed by atoms with Crippen LogP contribution in [0.15, 0.2) is 42.5 Å². The van der Waals surface area contributed by atoms with Crippen molar-refractivity contribution in [3.8, 4) is 11.5 Å². The number of nitrogens with one attached hydrogen (secondary N) is 1. The standard InChI is InChI=1S/C22H28N2O3/c1-16(18-9-10-20(26-2)21(14-18)27-3)23-22(25)19-8-6-7-17(13-19)15-24-11-4-5-12-24/h6-10,13-14,16H,4-5,11-12,15H2,1-3H3,(H,23,25). The van der Waals surface area contributed by atoms with Crippen molar-refractivity contribution >= 4 is 5.91 Å². The predicted molar refractivity (Wildman–Crippen MR) is 106 cm³/mol. The number of rotatable bonds is 7. The fourth-order valence-corrected chi connectivity index (χ4v) is 3.50. The Morgan fingerprint density at radius 2 is 1.81 bits per heavy atom. The molecule has 1 fully saturated rings. The number of methoxy groups -OCH3 is 2. The Morgan fingerprint density at radius 3 is 2.52 bits per heavy atom. The molecule has 0 radical (unpaired) electrons. The highest BCUT2D eigenvalue weighted by Gasteiger charge is 2.16. The maximum atomic E-state index is 12.7. The molecule has 1 N–H and O–H groups in total. The van der Waals surface area contributed by atoms with E-state index in [1.54, 1.807) is 14.2 Å². The fourth-order valence-electron chi connectivity index (χ4n) is 3.50. The molecule has 1 atom stereocenters. The number of carbonyl (C=O) groups excluding carboxylic acids is 1. The summed E-state index contributed by atoms with van der Waals surface area (Å²) in [5.41, 5.74) is 2.84. The molecule has 2 aromatic carbocycles. The van der Waals surface area contributed by atoms with Crippen LogP contribution in [0, 0.1) is 0 Å². The van der Waals surface area contributed by atoms with Crippen LogP contribution in [0.5, 0.6) is 11.5 Å². The molecular formula is C22H28N2O3. The summed E-state index contributed by atoms with van der Waals surface area (Å²) in [5.74, 6) is 1.26. The number of benzene rings is 2. The van der Waals surface area contributed by atoms with Crippen LogP contribution in [0.25, 0.3) is 0 Å². The van der Waals surface area contributed by atoms with Gasteiger partial charge in [0.25, 0.3) is 5.91 Å². The topological polar surface area (TPSA) is 50.8 Å². The van der Waals surface area contributed by atoms with Crippen molar-refractivity contribution in [2.45, 2.75) is 32.4 Å². The molecule has 27 heavy (non-hydrogen) atoms. The molecule has 0 saturated carbocycles. The molecule has 3 rings (SSSR count). The second-order valence-electron chi connectivity index (χ2n) is 6.99. The number of likely N-dealkylation sites (tertiary alicyclic amines) is 1. The van der Waals surface area contributed by atoms with E-state index in [1.165, 1.54) is 18.4 Å². The van der Waals surface area contributed by atoms with Gasteiger partial charge in [-0.15, -0.1) is 0 Å².